The molecule has 0 aliphatic carbocycles. The fourth-order valence-corrected chi connectivity index (χ4v) is 4.09. The Hall–Kier alpha value is -1.81. The zero-order valence-electron chi connectivity index (χ0n) is 14.2. The van der Waals surface area contributed by atoms with Crippen molar-refractivity contribution in [1.82, 2.24) is 9.21 Å². The Bertz CT molecular complexity index is 783. The van der Waals surface area contributed by atoms with Gasteiger partial charge in [-0.2, -0.15) is 13.2 Å². The maximum atomic E-state index is 12.8. The van der Waals surface area contributed by atoms with Crippen molar-refractivity contribution in [3.8, 4) is 0 Å². The van der Waals surface area contributed by atoms with Crippen LogP contribution < -0.4 is 4.90 Å². The molecule has 0 N–H and O–H groups in total. The van der Waals surface area contributed by atoms with Gasteiger partial charge in [-0.15, -0.1) is 0 Å². The molecular formula is C16H20F3N3O3S. The van der Waals surface area contributed by atoms with Gasteiger partial charge < -0.3 is 9.80 Å². The molecule has 3 rings (SSSR count). The summed E-state index contributed by atoms with van der Waals surface area (Å²) in [6, 6.07) is 5.16. The molecule has 0 radical (unpaired) electrons. The first-order chi connectivity index (χ1) is 12.1. The van der Waals surface area contributed by atoms with E-state index >= 15 is 0 Å². The molecule has 0 bridgehead atoms. The molecule has 2 fully saturated rings. The Labute approximate surface area is 150 Å². The first-order valence-corrected chi connectivity index (χ1v) is 10.1. The van der Waals surface area contributed by atoms with Crippen LogP contribution in [0.2, 0.25) is 0 Å². The Morgan fingerprint density at radius 1 is 1.12 bits per heavy atom. The summed E-state index contributed by atoms with van der Waals surface area (Å²) in [5.41, 5.74) is -0.206. The lowest BCUT2D eigenvalue weighted by Gasteiger charge is -2.42. The number of sulfonamides is 1. The van der Waals surface area contributed by atoms with Crippen molar-refractivity contribution < 1.29 is 26.4 Å². The minimum atomic E-state index is -4.39. The van der Waals surface area contributed by atoms with Crippen LogP contribution in [0.25, 0.3) is 0 Å². The molecule has 0 saturated carbocycles. The highest BCUT2D eigenvalue weighted by Gasteiger charge is 2.40. The predicted octanol–water partition coefficient (Wildman–Crippen LogP) is 1.25. The lowest BCUT2D eigenvalue weighted by atomic mass is 10.0. The van der Waals surface area contributed by atoms with E-state index in [1.165, 1.54) is 10.4 Å². The van der Waals surface area contributed by atoms with Crippen molar-refractivity contribution in [2.75, 3.05) is 50.4 Å². The van der Waals surface area contributed by atoms with E-state index in [2.05, 4.69) is 0 Å². The number of amides is 1. The third-order valence-corrected chi connectivity index (χ3v) is 6.03. The largest absolute Gasteiger partial charge is 0.416 e. The number of benzene rings is 1. The molecule has 0 unspecified atom stereocenters. The molecule has 2 heterocycles. The van der Waals surface area contributed by atoms with Gasteiger partial charge >= 0.3 is 6.18 Å². The molecule has 1 aromatic rings. The number of alkyl halides is 3. The van der Waals surface area contributed by atoms with Gasteiger partial charge in [-0.3, -0.25) is 4.79 Å². The molecule has 2 saturated heterocycles. The van der Waals surface area contributed by atoms with Gasteiger partial charge in [-0.25, -0.2) is 12.7 Å². The van der Waals surface area contributed by atoms with Gasteiger partial charge in [0.05, 0.1) is 17.7 Å². The molecule has 26 heavy (non-hydrogen) atoms. The number of anilines is 1. The quantitative estimate of drug-likeness (QED) is 0.778. The lowest BCUT2D eigenvalue weighted by Crippen LogP contribution is -2.58. The summed E-state index contributed by atoms with van der Waals surface area (Å²) >= 11 is 0. The monoisotopic (exact) mass is 391 g/mol. The summed E-state index contributed by atoms with van der Waals surface area (Å²) in [6.07, 6.45) is -3.27. The minimum Gasteiger partial charge on any atom is -0.368 e. The molecule has 1 amide bonds. The van der Waals surface area contributed by atoms with Crippen molar-refractivity contribution in [3.05, 3.63) is 29.8 Å². The number of carbonyl (C=O) groups is 1. The Kier molecular flexibility index (Phi) is 4.91. The van der Waals surface area contributed by atoms with Crippen LogP contribution in [-0.4, -0.2) is 69.1 Å². The summed E-state index contributed by atoms with van der Waals surface area (Å²) < 4.78 is 62.5. The fraction of sp³-hybridized carbons (Fsp3) is 0.562. The number of carbonyl (C=O) groups excluding carboxylic acids is 1. The molecule has 2 aliphatic heterocycles. The van der Waals surface area contributed by atoms with Crippen LogP contribution in [0.3, 0.4) is 0 Å². The van der Waals surface area contributed by atoms with E-state index in [9.17, 15) is 26.4 Å². The third kappa shape index (κ3) is 3.96. The first-order valence-electron chi connectivity index (χ1n) is 8.22. The highest BCUT2D eigenvalue weighted by atomic mass is 32.2. The zero-order chi connectivity index (χ0) is 19.1. The summed E-state index contributed by atoms with van der Waals surface area (Å²) in [7, 11) is -3.26. The van der Waals surface area contributed by atoms with Gasteiger partial charge in [-0.1, -0.05) is 6.07 Å². The van der Waals surface area contributed by atoms with E-state index in [1.807, 2.05) is 4.90 Å². The highest BCUT2D eigenvalue weighted by Crippen LogP contribution is 2.32. The fourth-order valence-electron chi connectivity index (χ4n) is 3.19. The smallest absolute Gasteiger partial charge is 0.368 e. The minimum absolute atomic E-state index is 0.0893. The van der Waals surface area contributed by atoms with E-state index in [0.29, 0.717) is 31.9 Å². The molecule has 2 aliphatic rings. The molecule has 1 aromatic carbocycles. The second kappa shape index (κ2) is 6.73. The summed E-state index contributed by atoms with van der Waals surface area (Å²) in [6.45, 7) is 2.09. The average molecular weight is 391 g/mol. The second-order valence-corrected chi connectivity index (χ2v) is 8.62. The predicted molar refractivity (Wildman–Crippen MR) is 90.1 cm³/mol. The normalized spacial score (nSPS) is 20.2. The number of hydrogen-bond acceptors (Lipinski definition) is 4. The molecule has 0 spiro atoms. The molecule has 0 aromatic heterocycles. The maximum absolute atomic E-state index is 12.8. The first kappa shape index (κ1) is 19.0. The molecule has 0 atom stereocenters. The average Bonchev–Trinajstić information content (AvgIpc) is 2.51. The third-order valence-electron chi connectivity index (χ3n) is 4.80. The van der Waals surface area contributed by atoms with E-state index in [-0.39, 0.29) is 24.9 Å². The van der Waals surface area contributed by atoms with E-state index < -0.39 is 21.8 Å². The Morgan fingerprint density at radius 2 is 1.73 bits per heavy atom. The van der Waals surface area contributed by atoms with Gasteiger partial charge in [0, 0.05) is 45.0 Å². The van der Waals surface area contributed by atoms with Crippen molar-refractivity contribution in [1.29, 1.82) is 0 Å². The zero-order valence-corrected chi connectivity index (χ0v) is 15.1. The number of hydrogen-bond donors (Lipinski definition) is 0. The second-order valence-electron chi connectivity index (χ2n) is 6.64. The standard InChI is InChI=1S/C16H20F3N3O3S/c1-26(24,25)22-10-12(11-22)15(23)21-7-5-20(6-8-21)14-4-2-3-13(9-14)16(17,18)19/h2-4,9,12H,5-8,10-11H2,1H3. The number of nitrogens with zero attached hydrogens (tertiary/aromatic N) is 3. The topological polar surface area (TPSA) is 60.9 Å². The van der Waals surface area contributed by atoms with E-state index in [4.69, 9.17) is 0 Å². The van der Waals surface area contributed by atoms with Crippen molar-refractivity contribution in [2.45, 2.75) is 6.18 Å². The van der Waals surface area contributed by atoms with Gasteiger partial charge in [-0.05, 0) is 18.2 Å². The Balaban J connectivity index is 1.56. The van der Waals surface area contributed by atoms with Crippen LogP contribution >= 0.6 is 0 Å². The van der Waals surface area contributed by atoms with Crippen LogP contribution in [0.4, 0.5) is 18.9 Å². The van der Waals surface area contributed by atoms with Crippen molar-refractivity contribution in [3.63, 3.8) is 0 Å². The van der Waals surface area contributed by atoms with Crippen LogP contribution in [0.1, 0.15) is 5.56 Å². The summed E-state index contributed by atoms with van der Waals surface area (Å²) in [4.78, 5) is 15.9. The number of rotatable bonds is 3. The Morgan fingerprint density at radius 3 is 2.27 bits per heavy atom. The lowest BCUT2D eigenvalue weighted by molar-refractivity contribution is -0.139. The van der Waals surface area contributed by atoms with Crippen LogP contribution in [0, 0.1) is 5.92 Å². The highest BCUT2D eigenvalue weighted by molar-refractivity contribution is 7.88. The molecular weight excluding hydrogens is 371 g/mol. The van der Waals surface area contributed by atoms with Crippen LogP contribution in [0.15, 0.2) is 24.3 Å². The van der Waals surface area contributed by atoms with Crippen molar-refractivity contribution in [2.24, 2.45) is 5.92 Å². The van der Waals surface area contributed by atoms with Crippen LogP contribution in [0.5, 0.6) is 0 Å². The van der Waals surface area contributed by atoms with Crippen molar-refractivity contribution >= 4 is 21.6 Å². The summed E-state index contributed by atoms with van der Waals surface area (Å²) in [5.74, 6) is -0.418. The summed E-state index contributed by atoms with van der Waals surface area (Å²) in [5, 5.41) is 0. The molecule has 6 nitrogen and oxygen atoms in total. The maximum Gasteiger partial charge on any atom is 0.416 e. The molecule has 10 heteroatoms. The van der Waals surface area contributed by atoms with Crippen LogP contribution in [-0.2, 0) is 21.0 Å². The SMILES string of the molecule is CS(=O)(=O)N1CC(C(=O)N2CCN(c3cccc(C(F)(F)F)c3)CC2)C1. The van der Waals surface area contributed by atoms with Gasteiger partial charge in [0.15, 0.2) is 0 Å². The number of piperazine rings is 1. The van der Waals surface area contributed by atoms with Gasteiger partial charge in [0.25, 0.3) is 0 Å². The van der Waals surface area contributed by atoms with Gasteiger partial charge in [0.2, 0.25) is 15.9 Å². The van der Waals surface area contributed by atoms with E-state index in [0.717, 1.165) is 18.4 Å². The number of halogens is 3. The van der Waals surface area contributed by atoms with Gasteiger partial charge in [0.1, 0.15) is 0 Å². The molecule has 144 valence electrons. The van der Waals surface area contributed by atoms with E-state index in [1.54, 1.807) is 11.0 Å².